The Morgan fingerprint density at radius 3 is 2.91 bits per heavy atom. The summed E-state index contributed by atoms with van der Waals surface area (Å²) in [5, 5.41) is 14.6. The van der Waals surface area contributed by atoms with Gasteiger partial charge >= 0.3 is 0 Å². The molecule has 6 heteroatoms. The van der Waals surface area contributed by atoms with Crippen LogP contribution in [-0.2, 0) is 4.74 Å². The maximum atomic E-state index is 12.4. The molecule has 1 saturated heterocycles. The minimum atomic E-state index is -0.737. The van der Waals surface area contributed by atoms with Crippen molar-refractivity contribution in [3.8, 4) is 0 Å². The van der Waals surface area contributed by atoms with Crippen LogP contribution in [0, 0.1) is 0 Å². The van der Waals surface area contributed by atoms with Crippen LogP contribution in [0.5, 0.6) is 0 Å². The van der Waals surface area contributed by atoms with Crippen molar-refractivity contribution < 1.29 is 14.6 Å². The average molecular weight is 335 g/mol. The van der Waals surface area contributed by atoms with E-state index in [0.29, 0.717) is 55.1 Å². The molecular formula is C17H19ClN2O3. The van der Waals surface area contributed by atoms with Gasteiger partial charge in [0.15, 0.2) is 0 Å². The van der Waals surface area contributed by atoms with Gasteiger partial charge in [0, 0.05) is 36.4 Å². The summed E-state index contributed by atoms with van der Waals surface area (Å²) in [5.74, 6) is -0.171. The van der Waals surface area contributed by atoms with E-state index in [9.17, 15) is 9.90 Å². The molecule has 2 aromatic rings. The van der Waals surface area contributed by atoms with Crippen molar-refractivity contribution in [1.29, 1.82) is 0 Å². The molecule has 122 valence electrons. The summed E-state index contributed by atoms with van der Waals surface area (Å²) < 4.78 is 5.25. The van der Waals surface area contributed by atoms with Crippen LogP contribution in [0.25, 0.3) is 10.9 Å². The number of aliphatic hydroxyl groups is 1. The lowest BCUT2D eigenvalue weighted by Gasteiger charge is -2.32. The summed E-state index contributed by atoms with van der Waals surface area (Å²) >= 11 is 5.96. The molecule has 1 fully saturated rings. The van der Waals surface area contributed by atoms with E-state index in [0.717, 1.165) is 5.39 Å². The predicted octanol–water partition coefficient (Wildman–Crippen LogP) is 2.55. The number of nitrogens with one attached hydrogen (secondary N) is 1. The normalized spacial score (nSPS) is 17.1. The fraction of sp³-hybridized carbons (Fsp3) is 0.412. The summed E-state index contributed by atoms with van der Waals surface area (Å²) in [4.78, 5) is 16.6. The first-order valence-electron chi connectivity index (χ1n) is 7.70. The molecule has 2 N–H and O–H groups in total. The van der Waals surface area contributed by atoms with Gasteiger partial charge in [-0.15, -0.1) is 0 Å². The van der Waals surface area contributed by atoms with Crippen LogP contribution >= 0.6 is 11.6 Å². The number of hydrogen-bond donors (Lipinski definition) is 2. The lowest BCUT2D eigenvalue weighted by Crippen LogP contribution is -2.39. The Hall–Kier alpha value is -1.69. The fourth-order valence-electron chi connectivity index (χ4n) is 2.82. The van der Waals surface area contributed by atoms with E-state index < -0.39 is 5.60 Å². The molecule has 0 saturated carbocycles. The number of carbonyl (C=O) groups is 1. The van der Waals surface area contributed by atoms with Crippen LogP contribution in [0.2, 0.25) is 5.02 Å². The number of nitrogens with zero attached hydrogens (tertiary/aromatic N) is 1. The van der Waals surface area contributed by atoms with Crippen molar-refractivity contribution in [3.05, 3.63) is 41.0 Å². The zero-order valence-electron chi connectivity index (χ0n) is 12.7. The highest BCUT2D eigenvalue weighted by Crippen LogP contribution is 2.24. The zero-order valence-corrected chi connectivity index (χ0v) is 13.5. The molecule has 2 heterocycles. The Balaban J connectivity index is 1.66. The third kappa shape index (κ3) is 3.80. The minimum absolute atomic E-state index is 0.171. The number of benzene rings is 1. The lowest BCUT2D eigenvalue weighted by molar-refractivity contribution is -0.0670. The first kappa shape index (κ1) is 16.2. The van der Waals surface area contributed by atoms with Gasteiger partial charge in [0.05, 0.1) is 16.7 Å². The van der Waals surface area contributed by atoms with E-state index >= 15 is 0 Å². The third-order valence-electron chi connectivity index (χ3n) is 4.25. The Labute approximate surface area is 139 Å². The molecule has 1 aliphatic rings. The monoisotopic (exact) mass is 334 g/mol. The molecule has 1 amide bonds. The molecule has 3 rings (SSSR count). The number of rotatable bonds is 4. The third-order valence-corrected chi connectivity index (χ3v) is 4.48. The Bertz CT molecular complexity index is 714. The largest absolute Gasteiger partial charge is 0.390 e. The molecule has 0 spiro atoms. The van der Waals surface area contributed by atoms with Crippen LogP contribution in [0.4, 0.5) is 0 Å². The summed E-state index contributed by atoms with van der Waals surface area (Å²) in [7, 11) is 0. The Kier molecular flexibility index (Phi) is 4.80. The molecule has 0 atom stereocenters. The van der Waals surface area contributed by atoms with Crippen LogP contribution in [0.3, 0.4) is 0 Å². The van der Waals surface area contributed by atoms with Crippen molar-refractivity contribution >= 4 is 28.4 Å². The highest BCUT2D eigenvalue weighted by molar-refractivity contribution is 6.31. The van der Waals surface area contributed by atoms with Gasteiger partial charge < -0.3 is 15.2 Å². The topological polar surface area (TPSA) is 71.5 Å². The number of carbonyl (C=O) groups excluding carboxylic acids is 1. The van der Waals surface area contributed by atoms with Gasteiger partial charge in [-0.1, -0.05) is 17.7 Å². The predicted molar refractivity (Wildman–Crippen MR) is 88.7 cm³/mol. The summed E-state index contributed by atoms with van der Waals surface area (Å²) in [5.41, 5.74) is 0.512. The van der Waals surface area contributed by atoms with Gasteiger partial charge in [-0.3, -0.25) is 9.78 Å². The summed E-state index contributed by atoms with van der Waals surface area (Å²) in [6.45, 7) is 1.56. The number of hydrogen-bond acceptors (Lipinski definition) is 4. The second kappa shape index (κ2) is 6.83. The van der Waals surface area contributed by atoms with Gasteiger partial charge in [-0.05, 0) is 37.5 Å². The Morgan fingerprint density at radius 2 is 2.13 bits per heavy atom. The quantitative estimate of drug-likeness (QED) is 0.901. The van der Waals surface area contributed by atoms with E-state index in [1.165, 1.54) is 0 Å². The fourth-order valence-corrected chi connectivity index (χ4v) is 2.99. The molecular weight excluding hydrogens is 316 g/mol. The molecule has 0 radical (unpaired) electrons. The number of aromatic nitrogens is 1. The standard InChI is InChI=1S/C17H19ClN2O3/c18-12-1-2-13-14(3-7-19-15(13)11-12)16(21)20-8-4-17(22)5-9-23-10-6-17/h1-3,7,11,22H,4-6,8-10H2,(H,20,21). The molecule has 0 bridgehead atoms. The smallest absolute Gasteiger partial charge is 0.252 e. The number of pyridine rings is 1. The second-order valence-electron chi connectivity index (χ2n) is 5.86. The first-order valence-corrected chi connectivity index (χ1v) is 8.08. The van der Waals surface area contributed by atoms with E-state index in [4.69, 9.17) is 16.3 Å². The van der Waals surface area contributed by atoms with Gasteiger partial charge in [-0.2, -0.15) is 0 Å². The second-order valence-corrected chi connectivity index (χ2v) is 6.30. The Morgan fingerprint density at radius 1 is 1.35 bits per heavy atom. The number of halogens is 1. The van der Waals surface area contributed by atoms with Crippen molar-refractivity contribution in [1.82, 2.24) is 10.3 Å². The van der Waals surface area contributed by atoms with Gasteiger partial charge in [0.2, 0.25) is 0 Å². The average Bonchev–Trinajstić information content (AvgIpc) is 2.54. The van der Waals surface area contributed by atoms with Gasteiger partial charge in [-0.25, -0.2) is 0 Å². The zero-order chi connectivity index (χ0) is 16.3. The molecule has 1 aromatic heterocycles. The van der Waals surface area contributed by atoms with Crippen LogP contribution < -0.4 is 5.32 Å². The van der Waals surface area contributed by atoms with Crippen molar-refractivity contribution in [2.75, 3.05) is 19.8 Å². The van der Waals surface area contributed by atoms with E-state index in [1.54, 1.807) is 30.5 Å². The number of amides is 1. The maximum Gasteiger partial charge on any atom is 0.252 e. The SMILES string of the molecule is O=C(NCCC1(O)CCOCC1)c1ccnc2cc(Cl)ccc12. The molecule has 23 heavy (non-hydrogen) atoms. The van der Waals surface area contributed by atoms with Crippen LogP contribution in [-0.4, -0.2) is 41.4 Å². The van der Waals surface area contributed by atoms with Gasteiger partial charge in [0.1, 0.15) is 0 Å². The van der Waals surface area contributed by atoms with E-state index in [1.807, 2.05) is 0 Å². The summed E-state index contributed by atoms with van der Waals surface area (Å²) in [6.07, 6.45) is 3.34. The van der Waals surface area contributed by atoms with Crippen molar-refractivity contribution in [3.63, 3.8) is 0 Å². The van der Waals surface area contributed by atoms with E-state index in [-0.39, 0.29) is 5.91 Å². The van der Waals surface area contributed by atoms with E-state index in [2.05, 4.69) is 10.3 Å². The number of ether oxygens (including phenoxy) is 1. The highest BCUT2D eigenvalue weighted by atomic mass is 35.5. The number of fused-ring (bicyclic) bond motifs is 1. The molecule has 1 aliphatic heterocycles. The lowest BCUT2D eigenvalue weighted by atomic mass is 9.91. The first-order chi connectivity index (χ1) is 11.1. The summed E-state index contributed by atoms with van der Waals surface area (Å²) in [6, 6.07) is 6.96. The minimum Gasteiger partial charge on any atom is -0.390 e. The molecule has 5 nitrogen and oxygen atoms in total. The molecule has 0 unspecified atom stereocenters. The molecule has 0 aliphatic carbocycles. The van der Waals surface area contributed by atoms with Crippen molar-refractivity contribution in [2.24, 2.45) is 0 Å². The van der Waals surface area contributed by atoms with Crippen LogP contribution in [0.1, 0.15) is 29.6 Å². The van der Waals surface area contributed by atoms with Crippen molar-refractivity contribution in [2.45, 2.75) is 24.9 Å². The van der Waals surface area contributed by atoms with Crippen LogP contribution in [0.15, 0.2) is 30.5 Å². The maximum absolute atomic E-state index is 12.4. The highest BCUT2D eigenvalue weighted by Gasteiger charge is 2.29. The molecule has 1 aromatic carbocycles. The van der Waals surface area contributed by atoms with Gasteiger partial charge in [0.25, 0.3) is 5.91 Å².